The number of amides is 1. The van der Waals surface area contributed by atoms with Crippen LogP contribution in [0.15, 0.2) is 18.2 Å². The molecule has 0 unspecified atom stereocenters. The zero-order chi connectivity index (χ0) is 12.7. The molecule has 3 N–H and O–H groups in total. The minimum atomic E-state index is 0.0269. The molecule has 0 aliphatic carbocycles. The third-order valence-corrected chi connectivity index (χ3v) is 2.52. The molecule has 17 heavy (non-hydrogen) atoms. The monoisotopic (exact) mass is 236 g/mol. The van der Waals surface area contributed by atoms with Gasteiger partial charge in [0.15, 0.2) is 0 Å². The van der Waals surface area contributed by atoms with E-state index in [1.165, 1.54) is 0 Å². The Kier molecular flexibility index (Phi) is 5.49. The van der Waals surface area contributed by atoms with E-state index >= 15 is 0 Å². The summed E-state index contributed by atoms with van der Waals surface area (Å²) in [4.78, 5) is 11.5. The fourth-order valence-corrected chi connectivity index (χ4v) is 1.59. The topological polar surface area (TPSA) is 64.3 Å². The predicted molar refractivity (Wildman–Crippen MR) is 67.9 cm³/mol. The molecule has 1 aromatic carbocycles. The lowest BCUT2D eigenvalue weighted by Crippen LogP contribution is -2.23. The lowest BCUT2D eigenvalue weighted by Gasteiger charge is -2.10. The van der Waals surface area contributed by atoms with E-state index in [-0.39, 0.29) is 5.91 Å². The fraction of sp³-hybridized carbons (Fsp3) is 0.462. The van der Waals surface area contributed by atoms with Gasteiger partial charge in [-0.25, -0.2) is 0 Å². The first-order valence-corrected chi connectivity index (χ1v) is 5.77. The number of hydrogen-bond acceptors (Lipinski definition) is 3. The van der Waals surface area contributed by atoms with Crippen molar-refractivity contribution in [3.63, 3.8) is 0 Å². The third-order valence-electron chi connectivity index (χ3n) is 2.52. The third kappa shape index (κ3) is 4.44. The van der Waals surface area contributed by atoms with Gasteiger partial charge in [-0.3, -0.25) is 4.79 Å². The molecule has 94 valence electrons. The molecule has 0 saturated heterocycles. The summed E-state index contributed by atoms with van der Waals surface area (Å²) >= 11 is 0. The van der Waals surface area contributed by atoms with Crippen LogP contribution in [0.25, 0.3) is 0 Å². The van der Waals surface area contributed by atoms with E-state index < -0.39 is 0 Å². The SMILES string of the molecule is COc1ccc(C)cc1CNC(=O)CCCN. The van der Waals surface area contributed by atoms with Gasteiger partial charge in [0.05, 0.1) is 7.11 Å². The number of nitrogens with one attached hydrogen (secondary N) is 1. The first-order valence-electron chi connectivity index (χ1n) is 5.77. The second kappa shape index (κ2) is 6.91. The molecular weight excluding hydrogens is 216 g/mol. The average Bonchev–Trinajstić information content (AvgIpc) is 2.34. The van der Waals surface area contributed by atoms with E-state index in [0.29, 0.717) is 19.5 Å². The maximum absolute atomic E-state index is 11.5. The lowest BCUT2D eigenvalue weighted by atomic mass is 10.1. The van der Waals surface area contributed by atoms with Crippen molar-refractivity contribution < 1.29 is 9.53 Å². The van der Waals surface area contributed by atoms with Crippen LogP contribution in [0.5, 0.6) is 5.75 Å². The first-order chi connectivity index (χ1) is 8.17. The molecule has 4 nitrogen and oxygen atoms in total. The van der Waals surface area contributed by atoms with Gasteiger partial charge in [-0.1, -0.05) is 17.7 Å². The maximum atomic E-state index is 11.5. The molecule has 1 rings (SSSR count). The van der Waals surface area contributed by atoms with E-state index in [1.54, 1.807) is 7.11 Å². The van der Waals surface area contributed by atoms with Crippen LogP contribution in [-0.4, -0.2) is 19.6 Å². The summed E-state index contributed by atoms with van der Waals surface area (Å²) in [5.41, 5.74) is 7.49. The van der Waals surface area contributed by atoms with Crippen LogP contribution < -0.4 is 15.8 Å². The average molecular weight is 236 g/mol. The van der Waals surface area contributed by atoms with Gasteiger partial charge in [0.25, 0.3) is 0 Å². The predicted octanol–water partition coefficient (Wildman–Crippen LogP) is 1.36. The van der Waals surface area contributed by atoms with Crippen molar-refractivity contribution in [2.24, 2.45) is 5.73 Å². The molecule has 0 aliphatic heterocycles. The van der Waals surface area contributed by atoms with Crippen LogP contribution in [0, 0.1) is 6.92 Å². The van der Waals surface area contributed by atoms with Crippen LogP contribution >= 0.6 is 0 Å². The molecule has 0 heterocycles. The van der Waals surface area contributed by atoms with Gasteiger partial charge in [0, 0.05) is 18.5 Å². The second-order valence-electron chi connectivity index (χ2n) is 3.98. The minimum absolute atomic E-state index is 0.0269. The molecule has 1 amide bonds. The number of methoxy groups -OCH3 is 1. The second-order valence-corrected chi connectivity index (χ2v) is 3.98. The van der Waals surface area contributed by atoms with Crippen molar-refractivity contribution >= 4 is 5.91 Å². The van der Waals surface area contributed by atoms with Crippen molar-refractivity contribution in [2.75, 3.05) is 13.7 Å². The lowest BCUT2D eigenvalue weighted by molar-refractivity contribution is -0.121. The number of benzene rings is 1. The fourth-order valence-electron chi connectivity index (χ4n) is 1.59. The van der Waals surface area contributed by atoms with Gasteiger partial charge in [-0.05, 0) is 26.0 Å². The molecule has 0 fully saturated rings. The molecular formula is C13H20N2O2. The van der Waals surface area contributed by atoms with Crippen LogP contribution in [0.2, 0.25) is 0 Å². The van der Waals surface area contributed by atoms with Crippen LogP contribution in [0.4, 0.5) is 0 Å². The minimum Gasteiger partial charge on any atom is -0.496 e. The van der Waals surface area contributed by atoms with Gasteiger partial charge in [0.1, 0.15) is 5.75 Å². The van der Waals surface area contributed by atoms with Crippen LogP contribution in [-0.2, 0) is 11.3 Å². The van der Waals surface area contributed by atoms with E-state index in [4.69, 9.17) is 10.5 Å². The molecule has 1 aromatic rings. The standard InChI is InChI=1S/C13H20N2O2/c1-10-5-6-12(17-2)11(8-10)9-15-13(16)4-3-7-14/h5-6,8H,3-4,7,9,14H2,1-2H3,(H,15,16). The molecule has 0 aliphatic rings. The van der Waals surface area contributed by atoms with Gasteiger partial charge < -0.3 is 15.8 Å². The summed E-state index contributed by atoms with van der Waals surface area (Å²) in [5, 5.41) is 2.86. The summed E-state index contributed by atoms with van der Waals surface area (Å²) in [7, 11) is 1.63. The van der Waals surface area contributed by atoms with Gasteiger partial charge in [0.2, 0.25) is 5.91 Å². The highest BCUT2D eigenvalue weighted by molar-refractivity contribution is 5.75. The van der Waals surface area contributed by atoms with Crippen LogP contribution in [0.1, 0.15) is 24.0 Å². The Labute approximate surface area is 102 Å². The normalized spacial score (nSPS) is 10.1. The zero-order valence-corrected chi connectivity index (χ0v) is 10.5. The number of nitrogens with two attached hydrogens (primary N) is 1. The molecule has 0 saturated carbocycles. The Morgan fingerprint density at radius 1 is 1.47 bits per heavy atom. The first kappa shape index (κ1) is 13.5. The Balaban J connectivity index is 2.56. The summed E-state index contributed by atoms with van der Waals surface area (Å²) in [5.74, 6) is 0.828. The van der Waals surface area contributed by atoms with E-state index in [0.717, 1.165) is 23.3 Å². The number of aryl methyl sites for hydroxylation is 1. The highest BCUT2D eigenvalue weighted by Crippen LogP contribution is 2.19. The summed E-state index contributed by atoms with van der Waals surface area (Å²) in [6.45, 7) is 3.05. The number of ether oxygens (including phenoxy) is 1. The van der Waals surface area contributed by atoms with E-state index in [1.807, 2.05) is 25.1 Å². The Hall–Kier alpha value is -1.55. The number of rotatable bonds is 6. The maximum Gasteiger partial charge on any atom is 0.220 e. The van der Waals surface area contributed by atoms with Gasteiger partial charge >= 0.3 is 0 Å². The quantitative estimate of drug-likeness (QED) is 0.783. The molecule has 0 aromatic heterocycles. The smallest absolute Gasteiger partial charge is 0.220 e. The van der Waals surface area contributed by atoms with Gasteiger partial charge in [-0.15, -0.1) is 0 Å². The van der Waals surface area contributed by atoms with E-state index in [9.17, 15) is 4.79 Å². The Bertz CT molecular complexity index is 378. The van der Waals surface area contributed by atoms with E-state index in [2.05, 4.69) is 5.32 Å². The van der Waals surface area contributed by atoms with Crippen molar-refractivity contribution in [2.45, 2.75) is 26.3 Å². The van der Waals surface area contributed by atoms with Crippen molar-refractivity contribution in [1.82, 2.24) is 5.32 Å². The molecule has 0 atom stereocenters. The summed E-state index contributed by atoms with van der Waals surface area (Å²) < 4.78 is 5.24. The Morgan fingerprint density at radius 2 is 2.24 bits per heavy atom. The number of hydrogen-bond donors (Lipinski definition) is 2. The summed E-state index contributed by atoms with van der Waals surface area (Å²) in [6.07, 6.45) is 1.20. The summed E-state index contributed by atoms with van der Waals surface area (Å²) in [6, 6.07) is 5.91. The van der Waals surface area contributed by atoms with Gasteiger partial charge in [-0.2, -0.15) is 0 Å². The highest BCUT2D eigenvalue weighted by atomic mass is 16.5. The molecule has 0 bridgehead atoms. The van der Waals surface area contributed by atoms with Crippen molar-refractivity contribution in [3.8, 4) is 5.75 Å². The molecule has 4 heteroatoms. The van der Waals surface area contributed by atoms with Crippen molar-refractivity contribution in [3.05, 3.63) is 29.3 Å². The largest absolute Gasteiger partial charge is 0.496 e. The number of carbonyl (C=O) groups excluding carboxylic acids is 1. The van der Waals surface area contributed by atoms with Crippen LogP contribution in [0.3, 0.4) is 0 Å². The number of carbonyl (C=O) groups is 1. The Morgan fingerprint density at radius 3 is 2.88 bits per heavy atom. The van der Waals surface area contributed by atoms with Crippen molar-refractivity contribution in [1.29, 1.82) is 0 Å². The highest BCUT2D eigenvalue weighted by Gasteiger charge is 2.05. The molecule has 0 radical (unpaired) electrons. The zero-order valence-electron chi connectivity index (χ0n) is 10.5. The molecule has 0 spiro atoms.